The van der Waals surface area contributed by atoms with Gasteiger partial charge in [-0.05, 0) is 74.9 Å². The van der Waals surface area contributed by atoms with E-state index in [2.05, 4.69) is 24.1 Å². The summed E-state index contributed by atoms with van der Waals surface area (Å²) in [5, 5.41) is 2.88. The van der Waals surface area contributed by atoms with E-state index in [1.165, 1.54) is 42.3 Å². The smallest absolute Gasteiger partial charge is 0.131 e. The number of nitrogens with zero attached hydrogens (tertiary/aromatic N) is 1. The van der Waals surface area contributed by atoms with Gasteiger partial charge < -0.3 is 5.32 Å². The minimum Gasteiger partial charge on any atom is -0.366 e. The summed E-state index contributed by atoms with van der Waals surface area (Å²) < 4.78 is 26.6. The SMILES string of the molecule is Cc1ccc(NCc2c(F)cccc2F)nc1.Cc1sc2c(c1C)CCC2. The van der Waals surface area contributed by atoms with Gasteiger partial charge in [-0.3, -0.25) is 0 Å². The van der Waals surface area contributed by atoms with Gasteiger partial charge >= 0.3 is 0 Å². The van der Waals surface area contributed by atoms with Gasteiger partial charge in [-0.25, -0.2) is 13.8 Å². The standard InChI is InChI=1S/C13H12F2N2.C9H12S/c1-9-5-6-13(16-7-9)17-8-10-11(14)3-2-4-12(10)15;1-6-7(2)10-9-5-3-4-8(6)9/h2-7H,8H2,1H3,(H,16,17);3-5H2,1-2H3. The van der Waals surface area contributed by atoms with Crippen molar-refractivity contribution in [2.75, 3.05) is 5.32 Å². The van der Waals surface area contributed by atoms with Crippen molar-refractivity contribution in [1.29, 1.82) is 0 Å². The van der Waals surface area contributed by atoms with E-state index in [1.807, 2.05) is 24.3 Å². The van der Waals surface area contributed by atoms with Crippen molar-refractivity contribution in [3.63, 3.8) is 0 Å². The van der Waals surface area contributed by atoms with Crippen molar-refractivity contribution < 1.29 is 8.78 Å². The number of halogens is 2. The van der Waals surface area contributed by atoms with Crippen LogP contribution in [0.3, 0.4) is 0 Å². The minimum atomic E-state index is -0.551. The first kappa shape index (κ1) is 19.5. The number of rotatable bonds is 3. The Bertz CT molecular complexity index is 897. The van der Waals surface area contributed by atoms with Gasteiger partial charge in [0.25, 0.3) is 0 Å². The maximum Gasteiger partial charge on any atom is 0.131 e. The van der Waals surface area contributed by atoms with Crippen molar-refractivity contribution in [2.24, 2.45) is 0 Å². The monoisotopic (exact) mass is 386 g/mol. The predicted molar refractivity (Wildman–Crippen MR) is 108 cm³/mol. The number of pyridine rings is 1. The van der Waals surface area contributed by atoms with Crippen LogP contribution < -0.4 is 5.32 Å². The third kappa shape index (κ3) is 4.72. The normalized spacial score (nSPS) is 12.3. The molecule has 0 spiro atoms. The number of nitrogens with one attached hydrogen (secondary N) is 1. The molecular formula is C22H24F2N2S. The van der Waals surface area contributed by atoms with E-state index in [0.717, 1.165) is 5.56 Å². The number of aromatic nitrogens is 1. The average Bonchev–Trinajstić information content (AvgIpc) is 3.20. The van der Waals surface area contributed by atoms with Gasteiger partial charge in [0.2, 0.25) is 0 Å². The maximum absolute atomic E-state index is 13.3. The van der Waals surface area contributed by atoms with E-state index >= 15 is 0 Å². The van der Waals surface area contributed by atoms with Gasteiger partial charge in [0.1, 0.15) is 17.5 Å². The van der Waals surface area contributed by atoms with Crippen LogP contribution >= 0.6 is 11.3 Å². The third-order valence-electron chi connectivity index (χ3n) is 4.84. The molecule has 0 saturated heterocycles. The summed E-state index contributed by atoms with van der Waals surface area (Å²) in [6.07, 6.45) is 5.77. The van der Waals surface area contributed by atoms with E-state index in [1.54, 1.807) is 28.3 Å². The van der Waals surface area contributed by atoms with Crippen molar-refractivity contribution in [3.8, 4) is 0 Å². The lowest BCUT2D eigenvalue weighted by molar-refractivity contribution is 0.560. The average molecular weight is 387 g/mol. The molecule has 1 aliphatic carbocycles. The molecule has 27 heavy (non-hydrogen) atoms. The summed E-state index contributed by atoms with van der Waals surface area (Å²) in [6, 6.07) is 7.48. The fraction of sp³-hybridized carbons (Fsp3) is 0.318. The van der Waals surface area contributed by atoms with Gasteiger partial charge in [0.15, 0.2) is 0 Å². The van der Waals surface area contributed by atoms with Gasteiger partial charge in [-0.1, -0.05) is 12.1 Å². The molecule has 0 aliphatic heterocycles. The molecule has 0 bridgehead atoms. The first-order valence-corrected chi connectivity index (χ1v) is 9.94. The molecule has 5 heteroatoms. The molecule has 0 radical (unpaired) electrons. The Balaban J connectivity index is 0.000000177. The van der Waals surface area contributed by atoms with Gasteiger partial charge in [-0.15, -0.1) is 11.3 Å². The first-order valence-electron chi connectivity index (χ1n) is 9.13. The molecule has 0 saturated carbocycles. The second-order valence-corrected chi connectivity index (χ2v) is 8.12. The summed E-state index contributed by atoms with van der Waals surface area (Å²) in [6.45, 7) is 6.50. The van der Waals surface area contributed by atoms with Crippen molar-refractivity contribution in [1.82, 2.24) is 4.98 Å². The lowest BCUT2D eigenvalue weighted by Crippen LogP contribution is -2.05. The number of aryl methyl sites for hydroxylation is 3. The van der Waals surface area contributed by atoms with Crippen LogP contribution in [0.15, 0.2) is 36.5 Å². The summed E-state index contributed by atoms with van der Waals surface area (Å²) in [5.41, 5.74) is 4.29. The Hall–Kier alpha value is -2.27. The van der Waals surface area contributed by atoms with E-state index in [-0.39, 0.29) is 12.1 Å². The quantitative estimate of drug-likeness (QED) is 0.585. The molecule has 0 unspecified atom stereocenters. The largest absolute Gasteiger partial charge is 0.366 e. The van der Waals surface area contributed by atoms with Crippen LogP contribution in [0.5, 0.6) is 0 Å². The van der Waals surface area contributed by atoms with Crippen molar-refractivity contribution >= 4 is 17.2 Å². The molecule has 0 amide bonds. The lowest BCUT2D eigenvalue weighted by atomic mass is 10.1. The summed E-state index contributed by atoms with van der Waals surface area (Å²) in [4.78, 5) is 7.29. The van der Waals surface area contributed by atoms with Crippen LogP contribution in [0.25, 0.3) is 0 Å². The first-order chi connectivity index (χ1) is 13.0. The fourth-order valence-corrected chi connectivity index (χ4v) is 4.42. The highest BCUT2D eigenvalue weighted by atomic mass is 32.1. The summed E-state index contributed by atoms with van der Waals surface area (Å²) in [5.74, 6) is -0.507. The van der Waals surface area contributed by atoms with Crippen LogP contribution in [0.2, 0.25) is 0 Å². The minimum absolute atomic E-state index is 0.0230. The Morgan fingerprint density at radius 3 is 2.41 bits per heavy atom. The molecule has 2 aromatic heterocycles. The second kappa shape index (κ2) is 8.61. The zero-order valence-electron chi connectivity index (χ0n) is 15.9. The molecule has 2 nitrogen and oxygen atoms in total. The summed E-state index contributed by atoms with van der Waals surface area (Å²) in [7, 11) is 0. The predicted octanol–water partition coefficient (Wildman–Crippen LogP) is 6.13. The molecule has 1 aliphatic rings. The molecule has 3 aromatic rings. The molecule has 2 heterocycles. The maximum atomic E-state index is 13.3. The number of anilines is 1. The van der Waals surface area contributed by atoms with E-state index in [0.29, 0.717) is 5.82 Å². The van der Waals surface area contributed by atoms with Crippen LogP contribution in [0, 0.1) is 32.4 Å². The zero-order chi connectivity index (χ0) is 19.4. The van der Waals surface area contributed by atoms with Crippen LogP contribution in [0.4, 0.5) is 14.6 Å². The number of hydrogen-bond acceptors (Lipinski definition) is 3. The number of fused-ring (bicyclic) bond motifs is 1. The molecule has 0 atom stereocenters. The number of hydrogen-bond donors (Lipinski definition) is 1. The number of benzene rings is 1. The highest BCUT2D eigenvalue weighted by Gasteiger charge is 2.16. The van der Waals surface area contributed by atoms with E-state index in [9.17, 15) is 8.78 Å². The highest BCUT2D eigenvalue weighted by molar-refractivity contribution is 7.12. The van der Waals surface area contributed by atoms with Crippen molar-refractivity contribution in [3.05, 3.63) is 80.2 Å². The molecular weight excluding hydrogens is 362 g/mol. The highest BCUT2D eigenvalue weighted by Crippen LogP contribution is 2.33. The zero-order valence-corrected chi connectivity index (χ0v) is 16.7. The summed E-state index contributed by atoms with van der Waals surface area (Å²) >= 11 is 2.00. The third-order valence-corrected chi connectivity index (χ3v) is 6.15. The van der Waals surface area contributed by atoms with Gasteiger partial charge in [0, 0.05) is 28.1 Å². The van der Waals surface area contributed by atoms with Gasteiger partial charge in [0.05, 0.1) is 0 Å². The molecule has 1 N–H and O–H groups in total. The molecule has 142 valence electrons. The Kier molecular flexibility index (Phi) is 6.22. The lowest BCUT2D eigenvalue weighted by Gasteiger charge is -2.07. The Morgan fingerprint density at radius 2 is 1.78 bits per heavy atom. The van der Waals surface area contributed by atoms with Crippen LogP contribution in [-0.4, -0.2) is 4.98 Å². The Labute approximate surface area is 163 Å². The topological polar surface area (TPSA) is 24.9 Å². The second-order valence-electron chi connectivity index (χ2n) is 6.81. The molecule has 4 rings (SSSR count). The van der Waals surface area contributed by atoms with Gasteiger partial charge in [-0.2, -0.15) is 0 Å². The molecule has 1 aromatic carbocycles. The van der Waals surface area contributed by atoms with Crippen LogP contribution in [-0.2, 0) is 19.4 Å². The molecule has 0 fully saturated rings. The van der Waals surface area contributed by atoms with Crippen molar-refractivity contribution in [2.45, 2.75) is 46.6 Å². The van der Waals surface area contributed by atoms with E-state index in [4.69, 9.17) is 0 Å². The fourth-order valence-electron chi connectivity index (χ4n) is 3.15. The van der Waals surface area contributed by atoms with Crippen LogP contribution in [0.1, 0.15) is 38.4 Å². The number of thiophene rings is 1. The van der Waals surface area contributed by atoms with E-state index < -0.39 is 11.6 Å². The Morgan fingerprint density at radius 1 is 1.04 bits per heavy atom.